The van der Waals surface area contributed by atoms with E-state index in [0.717, 1.165) is 42.0 Å². The summed E-state index contributed by atoms with van der Waals surface area (Å²) in [6.45, 7) is 4.06. The summed E-state index contributed by atoms with van der Waals surface area (Å²) in [4.78, 5) is 19.5. The number of imidazole rings is 1. The van der Waals surface area contributed by atoms with Crippen LogP contribution in [0.25, 0.3) is 0 Å². The number of H-pyrrole nitrogens is 1. The lowest BCUT2D eigenvalue weighted by molar-refractivity contribution is 0.0318. The predicted octanol–water partition coefficient (Wildman–Crippen LogP) is 5.32. The Morgan fingerprint density at radius 2 is 2.00 bits per heavy atom. The van der Waals surface area contributed by atoms with Gasteiger partial charge in [0, 0.05) is 23.1 Å². The van der Waals surface area contributed by atoms with Crippen LogP contribution in [0.3, 0.4) is 0 Å². The van der Waals surface area contributed by atoms with Crippen molar-refractivity contribution in [2.75, 3.05) is 6.79 Å². The molecule has 2 heterocycles. The molecule has 0 fully saturated rings. The van der Waals surface area contributed by atoms with Crippen molar-refractivity contribution in [3.05, 3.63) is 75.8 Å². The van der Waals surface area contributed by atoms with Crippen LogP contribution in [-0.4, -0.2) is 28.8 Å². The van der Waals surface area contributed by atoms with E-state index in [-0.39, 0.29) is 12.9 Å². The quantitative estimate of drug-likeness (QED) is 0.443. The molecule has 1 atom stereocenters. The van der Waals surface area contributed by atoms with Gasteiger partial charge in [0.1, 0.15) is 11.5 Å². The first-order valence-electron chi connectivity index (χ1n) is 10.9. The number of carbonyl (C=O) groups is 1. The molecular formula is C25H27ClN2O4. The number of aryl methyl sites for hydroxylation is 2. The van der Waals surface area contributed by atoms with Gasteiger partial charge in [0.2, 0.25) is 6.79 Å². The largest absolute Gasteiger partial charge is 0.458 e. The number of aromatic nitrogens is 2. The Hall–Kier alpha value is -2.99. The zero-order valence-electron chi connectivity index (χ0n) is 18.3. The van der Waals surface area contributed by atoms with Gasteiger partial charge in [-0.3, -0.25) is 0 Å². The van der Waals surface area contributed by atoms with Crippen molar-refractivity contribution in [3.63, 3.8) is 0 Å². The fourth-order valence-corrected chi connectivity index (χ4v) is 4.17. The maximum atomic E-state index is 12.4. The second-order valence-corrected chi connectivity index (χ2v) is 8.29. The molecule has 0 saturated heterocycles. The summed E-state index contributed by atoms with van der Waals surface area (Å²) in [5, 5.41) is 0.650. The Bertz CT molecular complexity index is 1080. The SMILES string of the molecule is CCc1ncc(C(=O)OC(C)CCc2c(Cl)cc3c(c2CCc2ccccc2)OCO3)[nH]1. The molecule has 2 aromatic carbocycles. The van der Waals surface area contributed by atoms with E-state index in [9.17, 15) is 4.79 Å². The molecule has 3 aromatic rings. The number of nitrogens with one attached hydrogen (secondary N) is 1. The Kier molecular flexibility index (Phi) is 7.00. The van der Waals surface area contributed by atoms with Gasteiger partial charge in [-0.25, -0.2) is 9.78 Å². The molecule has 1 N–H and O–H groups in total. The number of halogens is 1. The minimum atomic E-state index is -0.397. The number of nitrogens with zero attached hydrogens (tertiary/aromatic N) is 1. The van der Waals surface area contributed by atoms with Crippen LogP contribution in [-0.2, 0) is 30.4 Å². The highest BCUT2D eigenvalue weighted by Crippen LogP contribution is 2.42. The van der Waals surface area contributed by atoms with Crippen molar-refractivity contribution in [3.8, 4) is 11.5 Å². The molecule has 0 bridgehead atoms. The molecule has 0 saturated carbocycles. The second kappa shape index (κ2) is 10.1. The van der Waals surface area contributed by atoms with E-state index in [4.69, 9.17) is 25.8 Å². The number of aromatic amines is 1. The molecule has 6 nitrogen and oxygen atoms in total. The number of hydrogen-bond acceptors (Lipinski definition) is 5. The molecule has 1 aromatic heterocycles. The summed E-state index contributed by atoms with van der Waals surface area (Å²) < 4.78 is 17.0. The van der Waals surface area contributed by atoms with Gasteiger partial charge < -0.3 is 19.2 Å². The van der Waals surface area contributed by atoms with Gasteiger partial charge in [-0.15, -0.1) is 0 Å². The number of benzene rings is 2. The summed E-state index contributed by atoms with van der Waals surface area (Å²) in [7, 11) is 0. The molecule has 1 unspecified atom stereocenters. The van der Waals surface area contributed by atoms with Gasteiger partial charge >= 0.3 is 5.97 Å². The van der Waals surface area contributed by atoms with E-state index >= 15 is 0 Å². The van der Waals surface area contributed by atoms with E-state index in [2.05, 4.69) is 22.1 Å². The molecule has 168 valence electrons. The third-order valence-electron chi connectivity index (χ3n) is 5.62. The van der Waals surface area contributed by atoms with Crippen molar-refractivity contribution in [1.82, 2.24) is 9.97 Å². The van der Waals surface area contributed by atoms with E-state index in [1.165, 1.54) is 11.8 Å². The van der Waals surface area contributed by atoms with Gasteiger partial charge in [0.05, 0.1) is 12.3 Å². The number of rotatable bonds is 9. The molecule has 7 heteroatoms. The third-order valence-corrected chi connectivity index (χ3v) is 5.96. The summed E-state index contributed by atoms with van der Waals surface area (Å²) in [5.41, 5.74) is 3.70. The minimum Gasteiger partial charge on any atom is -0.458 e. The number of fused-ring (bicyclic) bond motifs is 1. The molecule has 0 radical (unpaired) electrons. The van der Waals surface area contributed by atoms with Crippen LogP contribution in [0.2, 0.25) is 5.02 Å². The standard InChI is InChI=1S/C25H27ClN2O4/c1-3-23-27-14-21(28-23)25(29)32-16(2)9-11-18-19(12-10-17-7-5-4-6-8-17)24-22(13-20(18)26)30-15-31-24/h4-8,13-14,16H,3,9-12,15H2,1-2H3,(H,27,28). The molecule has 0 spiro atoms. The number of carbonyl (C=O) groups excluding carboxylic acids is 1. The lowest BCUT2D eigenvalue weighted by atomic mass is 9.94. The molecule has 1 aliphatic heterocycles. The van der Waals surface area contributed by atoms with Crippen molar-refractivity contribution in [1.29, 1.82) is 0 Å². The molecular weight excluding hydrogens is 428 g/mol. The summed E-state index contributed by atoms with van der Waals surface area (Å²) in [5.74, 6) is 1.83. The van der Waals surface area contributed by atoms with Gasteiger partial charge in [-0.05, 0) is 43.7 Å². The van der Waals surface area contributed by atoms with Crippen LogP contribution in [0.5, 0.6) is 11.5 Å². The maximum absolute atomic E-state index is 12.4. The summed E-state index contributed by atoms with van der Waals surface area (Å²) >= 11 is 6.64. The molecule has 1 aliphatic rings. The summed E-state index contributed by atoms with van der Waals surface area (Å²) in [6.07, 6.45) is 4.93. The van der Waals surface area contributed by atoms with E-state index in [1.807, 2.05) is 38.1 Å². The maximum Gasteiger partial charge on any atom is 0.356 e. The van der Waals surface area contributed by atoms with Crippen LogP contribution in [0, 0.1) is 0 Å². The first-order chi connectivity index (χ1) is 15.5. The molecule has 0 aliphatic carbocycles. The molecule has 4 rings (SSSR count). The highest BCUT2D eigenvalue weighted by molar-refractivity contribution is 6.31. The Morgan fingerprint density at radius 1 is 1.19 bits per heavy atom. The van der Waals surface area contributed by atoms with Gasteiger partial charge in [0.25, 0.3) is 0 Å². The van der Waals surface area contributed by atoms with Gasteiger partial charge in [-0.2, -0.15) is 0 Å². The smallest absolute Gasteiger partial charge is 0.356 e. The highest BCUT2D eigenvalue weighted by atomic mass is 35.5. The van der Waals surface area contributed by atoms with E-state index < -0.39 is 5.97 Å². The molecule has 32 heavy (non-hydrogen) atoms. The zero-order valence-corrected chi connectivity index (χ0v) is 19.1. The highest BCUT2D eigenvalue weighted by Gasteiger charge is 2.24. The predicted molar refractivity (Wildman–Crippen MR) is 123 cm³/mol. The zero-order chi connectivity index (χ0) is 22.5. The lowest BCUT2D eigenvalue weighted by Gasteiger charge is -2.17. The normalized spacial score (nSPS) is 13.2. The summed E-state index contributed by atoms with van der Waals surface area (Å²) in [6, 6.07) is 12.1. The van der Waals surface area contributed by atoms with Crippen LogP contribution < -0.4 is 9.47 Å². The average Bonchev–Trinajstić information content (AvgIpc) is 3.46. The monoisotopic (exact) mass is 454 g/mol. The van der Waals surface area contributed by atoms with Crippen molar-refractivity contribution in [2.45, 2.75) is 52.1 Å². The Labute approximate surface area is 192 Å². The van der Waals surface area contributed by atoms with E-state index in [1.54, 1.807) is 0 Å². The van der Waals surface area contributed by atoms with Crippen molar-refractivity contribution in [2.24, 2.45) is 0 Å². The fourth-order valence-electron chi connectivity index (χ4n) is 3.86. The van der Waals surface area contributed by atoms with Crippen LogP contribution >= 0.6 is 11.6 Å². The lowest BCUT2D eigenvalue weighted by Crippen LogP contribution is -2.16. The van der Waals surface area contributed by atoms with Gasteiger partial charge in [-0.1, -0.05) is 48.9 Å². The van der Waals surface area contributed by atoms with Crippen LogP contribution in [0.15, 0.2) is 42.6 Å². The first kappa shape index (κ1) is 22.2. The van der Waals surface area contributed by atoms with Crippen LogP contribution in [0.4, 0.5) is 0 Å². The minimum absolute atomic E-state index is 0.200. The average molecular weight is 455 g/mol. The molecule has 0 amide bonds. The Balaban J connectivity index is 1.45. The number of esters is 1. The van der Waals surface area contributed by atoms with Gasteiger partial charge in [0.15, 0.2) is 11.5 Å². The number of ether oxygens (including phenoxy) is 3. The second-order valence-electron chi connectivity index (χ2n) is 7.89. The Morgan fingerprint density at radius 3 is 2.75 bits per heavy atom. The first-order valence-corrected chi connectivity index (χ1v) is 11.3. The van der Waals surface area contributed by atoms with E-state index in [0.29, 0.717) is 29.3 Å². The van der Waals surface area contributed by atoms with Crippen LogP contribution in [0.1, 0.15) is 53.3 Å². The fraction of sp³-hybridized carbons (Fsp3) is 0.360. The van der Waals surface area contributed by atoms with Crippen molar-refractivity contribution < 1.29 is 19.0 Å². The topological polar surface area (TPSA) is 73.4 Å². The third kappa shape index (κ3) is 5.07. The van der Waals surface area contributed by atoms with Crippen molar-refractivity contribution >= 4 is 17.6 Å². The number of hydrogen-bond donors (Lipinski definition) is 1.